The summed E-state index contributed by atoms with van der Waals surface area (Å²) in [7, 11) is -2.55. The molecule has 0 heterocycles. The second-order valence-corrected chi connectivity index (χ2v) is 7.69. The summed E-state index contributed by atoms with van der Waals surface area (Å²) < 4.78 is 32.1. The molecule has 25 heavy (non-hydrogen) atoms. The van der Waals surface area contributed by atoms with Crippen LogP contribution in [-0.4, -0.2) is 33.1 Å². The van der Waals surface area contributed by atoms with Crippen LogP contribution in [0.4, 0.5) is 5.69 Å². The standard InChI is InChI=1S/C18H21NO5S/c1-12-9-13(2)18(14(3)10-12)19(11-17(20)21)25(22,23)16-7-5-15(24-4)6-8-16/h5-10H,11H2,1-4H3,(H,20,21). The fourth-order valence-corrected chi connectivity index (χ4v) is 4.39. The summed E-state index contributed by atoms with van der Waals surface area (Å²) >= 11 is 0. The van der Waals surface area contributed by atoms with Crippen LogP contribution < -0.4 is 9.04 Å². The van der Waals surface area contributed by atoms with Crippen LogP contribution in [0.2, 0.25) is 0 Å². The zero-order valence-electron chi connectivity index (χ0n) is 14.6. The highest BCUT2D eigenvalue weighted by Crippen LogP contribution is 2.31. The maximum atomic E-state index is 13.1. The van der Waals surface area contributed by atoms with Gasteiger partial charge in [0.1, 0.15) is 12.3 Å². The smallest absolute Gasteiger partial charge is 0.324 e. The fraction of sp³-hybridized carbons (Fsp3) is 0.278. The van der Waals surface area contributed by atoms with Crippen LogP contribution >= 0.6 is 0 Å². The van der Waals surface area contributed by atoms with Gasteiger partial charge in [-0.1, -0.05) is 17.7 Å². The molecule has 134 valence electrons. The number of rotatable bonds is 6. The van der Waals surface area contributed by atoms with Crippen LogP contribution in [0.5, 0.6) is 5.75 Å². The molecule has 0 aliphatic carbocycles. The van der Waals surface area contributed by atoms with Gasteiger partial charge in [0.25, 0.3) is 10.0 Å². The van der Waals surface area contributed by atoms with E-state index in [4.69, 9.17) is 4.74 Å². The normalized spacial score (nSPS) is 11.2. The highest BCUT2D eigenvalue weighted by Gasteiger charge is 2.29. The Kier molecular flexibility index (Phi) is 5.37. The Morgan fingerprint density at radius 1 is 1.08 bits per heavy atom. The molecule has 2 rings (SSSR count). The van der Waals surface area contributed by atoms with Crippen LogP contribution in [-0.2, 0) is 14.8 Å². The summed E-state index contributed by atoms with van der Waals surface area (Å²) in [5.41, 5.74) is 2.78. The van der Waals surface area contributed by atoms with Crippen LogP contribution in [0.1, 0.15) is 16.7 Å². The van der Waals surface area contributed by atoms with Crippen molar-refractivity contribution in [1.29, 1.82) is 0 Å². The summed E-state index contributed by atoms with van der Waals surface area (Å²) in [5, 5.41) is 9.25. The number of methoxy groups -OCH3 is 1. The number of carboxylic acids is 1. The summed E-state index contributed by atoms with van der Waals surface area (Å²) in [6.45, 7) is 4.80. The largest absolute Gasteiger partial charge is 0.497 e. The van der Waals surface area contributed by atoms with Gasteiger partial charge in [-0.15, -0.1) is 0 Å². The molecule has 0 aliphatic heterocycles. The van der Waals surface area contributed by atoms with E-state index >= 15 is 0 Å². The Bertz CT molecular complexity index is 865. The van der Waals surface area contributed by atoms with Crippen LogP contribution in [0.3, 0.4) is 0 Å². The average molecular weight is 363 g/mol. The van der Waals surface area contributed by atoms with Crippen molar-refractivity contribution in [3.63, 3.8) is 0 Å². The lowest BCUT2D eigenvalue weighted by Gasteiger charge is -2.26. The van der Waals surface area contributed by atoms with Crippen molar-refractivity contribution in [3.8, 4) is 5.75 Å². The van der Waals surface area contributed by atoms with E-state index in [-0.39, 0.29) is 4.90 Å². The maximum absolute atomic E-state index is 13.1. The number of hydrogen-bond acceptors (Lipinski definition) is 4. The molecular weight excluding hydrogens is 342 g/mol. The van der Waals surface area contributed by atoms with Crippen molar-refractivity contribution >= 4 is 21.7 Å². The van der Waals surface area contributed by atoms with Gasteiger partial charge in [0.05, 0.1) is 17.7 Å². The Morgan fingerprint density at radius 3 is 2.04 bits per heavy atom. The third-order valence-corrected chi connectivity index (χ3v) is 5.57. The van der Waals surface area contributed by atoms with Crippen molar-refractivity contribution in [3.05, 3.63) is 53.1 Å². The second kappa shape index (κ2) is 7.14. The quantitative estimate of drug-likeness (QED) is 0.853. The van der Waals surface area contributed by atoms with E-state index in [1.165, 1.54) is 31.4 Å². The predicted molar refractivity (Wildman–Crippen MR) is 95.8 cm³/mol. The molecule has 1 N–H and O–H groups in total. The number of carboxylic acid groups (broad SMARTS) is 1. The van der Waals surface area contributed by atoms with Gasteiger partial charge >= 0.3 is 5.97 Å². The highest BCUT2D eigenvalue weighted by atomic mass is 32.2. The SMILES string of the molecule is COc1ccc(S(=O)(=O)N(CC(=O)O)c2c(C)cc(C)cc2C)cc1. The Morgan fingerprint density at radius 2 is 1.60 bits per heavy atom. The summed E-state index contributed by atoms with van der Waals surface area (Å²) in [4.78, 5) is 11.3. The second-order valence-electron chi connectivity index (χ2n) is 5.83. The van der Waals surface area contributed by atoms with Gasteiger partial charge in [-0.3, -0.25) is 9.10 Å². The van der Waals surface area contributed by atoms with E-state index in [0.717, 1.165) is 9.87 Å². The van der Waals surface area contributed by atoms with Gasteiger partial charge in [-0.05, 0) is 56.2 Å². The molecule has 0 saturated carbocycles. The number of ether oxygens (including phenoxy) is 1. The van der Waals surface area contributed by atoms with Gasteiger partial charge in [0, 0.05) is 0 Å². The number of carbonyl (C=O) groups is 1. The first kappa shape index (κ1) is 18.8. The Balaban J connectivity index is 2.62. The van der Waals surface area contributed by atoms with Crippen molar-refractivity contribution in [1.82, 2.24) is 0 Å². The molecule has 0 amide bonds. The molecule has 0 atom stereocenters. The summed E-state index contributed by atoms with van der Waals surface area (Å²) in [6.07, 6.45) is 0. The third-order valence-electron chi connectivity index (χ3n) is 3.81. The van der Waals surface area contributed by atoms with Crippen molar-refractivity contribution in [2.75, 3.05) is 18.0 Å². The molecule has 0 radical (unpaired) electrons. The summed E-state index contributed by atoms with van der Waals surface area (Å²) in [6, 6.07) is 9.53. The van der Waals surface area contributed by atoms with Gasteiger partial charge in [-0.2, -0.15) is 0 Å². The molecule has 2 aromatic carbocycles. The van der Waals surface area contributed by atoms with Gasteiger partial charge in [-0.25, -0.2) is 8.42 Å². The van der Waals surface area contributed by atoms with E-state index < -0.39 is 22.5 Å². The number of aryl methyl sites for hydroxylation is 3. The van der Waals surface area contributed by atoms with E-state index in [1.54, 1.807) is 13.8 Å². The first-order chi connectivity index (χ1) is 11.7. The molecule has 0 aliphatic rings. The number of sulfonamides is 1. The number of hydrogen-bond donors (Lipinski definition) is 1. The monoisotopic (exact) mass is 363 g/mol. The zero-order valence-corrected chi connectivity index (χ0v) is 15.4. The Hall–Kier alpha value is -2.54. The van der Waals surface area contributed by atoms with Crippen LogP contribution in [0.15, 0.2) is 41.3 Å². The van der Waals surface area contributed by atoms with E-state index in [2.05, 4.69) is 0 Å². The van der Waals surface area contributed by atoms with E-state index in [1.807, 2.05) is 19.1 Å². The summed E-state index contributed by atoms with van der Waals surface area (Å²) in [5.74, 6) is -0.706. The first-order valence-electron chi connectivity index (χ1n) is 7.63. The molecule has 0 bridgehead atoms. The number of nitrogens with zero attached hydrogens (tertiary/aromatic N) is 1. The Labute approximate surface area is 147 Å². The molecular formula is C18H21NO5S. The van der Waals surface area contributed by atoms with E-state index in [0.29, 0.717) is 22.6 Å². The molecule has 7 heteroatoms. The van der Waals surface area contributed by atoms with Crippen LogP contribution in [0, 0.1) is 20.8 Å². The van der Waals surface area contributed by atoms with Gasteiger partial charge in [0.15, 0.2) is 0 Å². The van der Waals surface area contributed by atoms with E-state index in [9.17, 15) is 18.3 Å². The molecule has 0 fully saturated rings. The zero-order chi connectivity index (χ0) is 18.8. The number of aliphatic carboxylic acids is 1. The lowest BCUT2D eigenvalue weighted by molar-refractivity contribution is -0.135. The topological polar surface area (TPSA) is 83.9 Å². The van der Waals surface area contributed by atoms with Crippen LogP contribution in [0.25, 0.3) is 0 Å². The van der Waals surface area contributed by atoms with Crippen molar-refractivity contribution in [2.45, 2.75) is 25.7 Å². The first-order valence-corrected chi connectivity index (χ1v) is 9.07. The molecule has 6 nitrogen and oxygen atoms in total. The molecule has 0 spiro atoms. The van der Waals surface area contributed by atoms with Gasteiger partial charge in [0.2, 0.25) is 0 Å². The third kappa shape index (κ3) is 3.93. The average Bonchev–Trinajstić information content (AvgIpc) is 2.52. The fourth-order valence-electron chi connectivity index (χ4n) is 2.85. The van der Waals surface area contributed by atoms with Crippen molar-refractivity contribution in [2.24, 2.45) is 0 Å². The number of anilines is 1. The maximum Gasteiger partial charge on any atom is 0.324 e. The van der Waals surface area contributed by atoms with Gasteiger partial charge < -0.3 is 9.84 Å². The minimum Gasteiger partial charge on any atom is -0.497 e. The molecule has 0 unspecified atom stereocenters. The lowest BCUT2D eigenvalue weighted by atomic mass is 10.1. The molecule has 2 aromatic rings. The van der Waals surface area contributed by atoms with Crippen molar-refractivity contribution < 1.29 is 23.1 Å². The molecule has 0 saturated heterocycles. The predicted octanol–water partition coefficient (Wildman–Crippen LogP) is 2.90. The minimum atomic E-state index is -4.04. The molecule has 0 aromatic heterocycles. The lowest BCUT2D eigenvalue weighted by Crippen LogP contribution is -2.36. The number of benzene rings is 2. The highest BCUT2D eigenvalue weighted by molar-refractivity contribution is 7.92. The minimum absolute atomic E-state index is 0.00826.